The van der Waals surface area contributed by atoms with Gasteiger partial charge in [-0.15, -0.1) is 0 Å². The molecule has 5 heteroatoms. The summed E-state index contributed by atoms with van der Waals surface area (Å²) < 4.78 is 5.48. The lowest BCUT2D eigenvalue weighted by Gasteiger charge is -2.29. The highest BCUT2D eigenvalue weighted by atomic mass is 16.5. The molecule has 0 aliphatic carbocycles. The highest BCUT2D eigenvalue weighted by Crippen LogP contribution is 2.32. The quantitative estimate of drug-likeness (QED) is 0.730. The monoisotopic (exact) mass is 366 g/mol. The van der Waals surface area contributed by atoms with Crippen molar-refractivity contribution >= 4 is 17.5 Å². The van der Waals surface area contributed by atoms with Crippen molar-refractivity contribution in [3.8, 4) is 5.75 Å². The fraction of sp³-hybridized carbons (Fsp3) is 0.364. The van der Waals surface area contributed by atoms with Crippen molar-refractivity contribution in [1.82, 2.24) is 5.32 Å². The number of anilines is 1. The van der Waals surface area contributed by atoms with Gasteiger partial charge in [-0.2, -0.15) is 0 Å². The summed E-state index contributed by atoms with van der Waals surface area (Å²) in [5.74, 6) is 0.704. The summed E-state index contributed by atoms with van der Waals surface area (Å²) in [5, 5.41) is 2.96. The van der Waals surface area contributed by atoms with Crippen molar-refractivity contribution in [2.75, 3.05) is 24.6 Å². The van der Waals surface area contributed by atoms with Crippen molar-refractivity contribution in [2.24, 2.45) is 0 Å². The molecule has 0 fully saturated rings. The first kappa shape index (κ1) is 19.0. The molecule has 1 aliphatic heterocycles. The summed E-state index contributed by atoms with van der Waals surface area (Å²) in [6.07, 6.45) is 2.92. The van der Waals surface area contributed by atoms with Crippen LogP contribution in [0.4, 0.5) is 5.69 Å². The van der Waals surface area contributed by atoms with Gasteiger partial charge in [0.25, 0.3) is 5.91 Å². The van der Waals surface area contributed by atoms with Gasteiger partial charge in [-0.05, 0) is 49.4 Å². The zero-order valence-corrected chi connectivity index (χ0v) is 15.7. The molecule has 0 bridgehead atoms. The van der Waals surface area contributed by atoms with E-state index in [1.807, 2.05) is 43.3 Å². The van der Waals surface area contributed by atoms with Gasteiger partial charge in [-0.25, -0.2) is 0 Å². The third kappa shape index (κ3) is 5.33. The average Bonchev–Trinajstić information content (AvgIpc) is 2.68. The van der Waals surface area contributed by atoms with E-state index in [1.54, 1.807) is 4.90 Å². The van der Waals surface area contributed by atoms with Gasteiger partial charge in [0.2, 0.25) is 5.91 Å². The van der Waals surface area contributed by atoms with E-state index in [9.17, 15) is 9.59 Å². The standard InChI is InChI=1S/C22H26N2O3/c1-17-11-12-20-19(15-17)24(22(26)16-27-20)14-6-10-21(25)23-13-5-9-18-7-3-2-4-8-18/h2-4,7-8,11-12,15H,5-6,9-10,13-14,16H2,1H3,(H,23,25). The fourth-order valence-corrected chi connectivity index (χ4v) is 3.21. The van der Waals surface area contributed by atoms with Gasteiger partial charge in [0.15, 0.2) is 6.61 Å². The minimum absolute atomic E-state index is 0.0354. The van der Waals surface area contributed by atoms with E-state index in [4.69, 9.17) is 4.74 Å². The third-order valence-electron chi connectivity index (χ3n) is 4.65. The maximum absolute atomic E-state index is 12.2. The van der Waals surface area contributed by atoms with Crippen LogP contribution in [0.3, 0.4) is 0 Å². The lowest BCUT2D eigenvalue weighted by Crippen LogP contribution is -2.39. The second-order valence-corrected chi connectivity index (χ2v) is 6.85. The number of fused-ring (bicyclic) bond motifs is 1. The lowest BCUT2D eigenvalue weighted by atomic mass is 10.1. The minimum Gasteiger partial charge on any atom is -0.482 e. The molecule has 1 aliphatic rings. The molecule has 0 saturated heterocycles. The fourth-order valence-electron chi connectivity index (χ4n) is 3.21. The molecule has 1 heterocycles. The summed E-state index contributed by atoms with van der Waals surface area (Å²) in [5.41, 5.74) is 3.16. The molecule has 0 radical (unpaired) electrons. The number of carbonyl (C=O) groups excluding carboxylic acids is 2. The van der Waals surface area contributed by atoms with Crippen molar-refractivity contribution in [3.05, 3.63) is 59.7 Å². The van der Waals surface area contributed by atoms with Crippen LogP contribution in [0.25, 0.3) is 0 Å². The molecule has 3 rings (SSSR count). The molecule has 27 heavy (non-hydrogen) atoms. The van der Waals surface area contributed by atoms with E-state index in [0.29, 0.717) is 25.9 Å². The maximum Gasteiger partial charge on any atom is 0.265 e. The van der Waals surface area contributed by atoms with Gasteiger partial charge in [-0.1, -0.05) is 36.4 Å². The van der Waals surface area contributed by atoms with Gasteiger partial charge in [0.05, 0.1) is 5.69 Å². The normalized spacial score (nSPS) is 13.1. The Labute approximate surface area is 160 Å². The molecule has 2 aromatic carbocycles. The van der Waals surface area contributed by atoms with Crippen LogP contribution in [0.1, 0.15) is 30.4 Å². The molecule has 2 amide bonds. The lowest BCUT2D eigenvalue weighted by molar-refractivity contribution is -0.122. The van der Waals surface area contributed by atoms with Gasteiger partial charge >= 0.3 is 0 Å². The van der Waals surface area contributed by atoms with Crippen LogP contribution in [0, 0.1) is 6.92 Å². The second-order valence-electron chi connectivity index (χ2n) is 6.85. The second kappa shape index (κ2) is 9.21. The van der Waals surface area contributed by atoms with E-state index in [1.165, 1.54) is 5.56 Å². The van der Waals surface area contributed by atoms with E-state index >= 15 is 0 Å². The van der Waals surface area contributed by atoms with E-state index in [2.05, 4.69) is 17.4 Å². The average molecular weight is 366 g/mol. The molecule has 0 unspecified atom stereocenters. The summed E-state index contributed by atoms with van der Waals surface area (Å²) in [6.45, 7) is 3.24. The van der Waals surface area contributed by atoms with Gasteiger partial charge in [0, 0.05) is 19.5 Å². The number of benzene rings is 2. The Kier molecular flexibility index (Phi) is 6.47. The summed E-state index contributed by atoms with van der Waals surface area (Å²) in [7, 11) is 0. The van der Waals surface area contributed by atoms with Crippen LogP contribution in [-0.4, -0.2) is 31.5 Å². The molecular formula is C22H26N2O3. The number of ether oxygens (including phenoxy) is 1. The first-order valence-electron chi connectivity index (χ1n) is 9.48. The molecule has 0 atom stereocenters. The highest BCUT2D eigenvalue weighted by molar-refractivity contribution is 5.98. The van der Waals surface area contributed by atoms with E-state index < -0.39 is 0 Å². The number of nitrogens with zero attached hydrogens (tertiary/aromatic N) is 1. The van der Waals surface area contributed by atoms with Gasteiger partial charge in [0.1, 0.15) is 5.75 Å². The number of hydrogen-bond donors (Lipinski definition) is 1. The molecular weight excluding hydrogens is 340 g/mol. The topological polar surface area (TPSA) is 58.6 Å². The number of amides is 2. The first-order valence-corrected chi connectivity index (χ1v) is 9.48. The number of carbonyl (C=O) groups is 2. The Morgan fingerprint density at radius 1 is 1.15 bits per heavy atom. The van der Waals surface area contributed by atoms with Crippen molar-refractivity contribution in [3.63, 3.8) is 0 Å². The van der Waals surface area contributed by atoms with Gasteiger partial charge < -0.3 is 15.0 Å². The van der Waals surface area contributed by atoms with Crippen molar-refractivity contribution in [2.45, 2.75) is 32.6 Å². The summed E-state index contributed by atoms with van der Waals surface area (Å²) >= 11 is 0. The Bertz CT molecular complexity index is 789. The zero-order valence-electron chi connectivity index (χ0n) is 15.7. The third-order valence-corrected chi connectivity index (χ3v) is 4.65. The molecule has 0 saturated carbocycles. The Balaban J connectivity index is 1.40. The molecule has 5 nitrogen and oxygen atoms in total. The van der Waals surface area contributed by atoms with Crippen LogP contribution in [0.5, 0.6) is 5.75 Å². The highest BCUT2D eigenvalue weighted by Gasteiger charge is 2.25. The van der Waals surface area contributed by atoms with Crippen LogP contribution in [-0.2, 0) is 16.0 Å². The summed E-state index contributed by atoms with van der Waals surface area (Å²) in [4.78, 5) is 26.0. The molecule has 0 aromatic heterocycles. The van der Waals surface area contributed by atoms with E-state index in [-0.39, 0.29) is 18.4 Å². The first-order chi connectivity index (χ1) is 13.1. The van der Waals surface area contributed by atoms with Crippen LogP contribution >= 0.6 is 0 Å². The smallest absolute Gasteiger partial charge is 0.265 e. The molecule has 0 spiro atoms. The predicted molar refractivity (Wildman–Crippen MR) is 106 cm³/mol. The molecule has 142 valence electrons. The SMILES string of the molecule is Cc1ccc2c(c1)N(CCCC(=O)NCCCc1ccccc1)C(=O)CO2. The number of hydrogen-bond acceptors (Lipinski definition) is 3. The zero-order chi connectivity index (χ0) is 19.1. The summed E-state index contributed by atoms with van der Waals surface area (Å²) in [6, 6.07) is 16.1. The minimum atomic E-state index is -0.0589. The number of rotatable bonds is 8. The molecule has 1 N–H and O–H groups in total. The van der Waals surface area contributed by atoms with E-state index in [0.717, 1.165) is 29.8 Å². The Morgan fingerprint density at radius 3 is 2.78 bits per heavy atom. The molecule has 2 aromatic rings. The van der Waals surface area contributed by atoms with Crippen LogP contribution in [0.2, 0.25) is 0 Å². The van der Waals surface area contributed by atoms with Gasteiger partial charge in [-0.3, -0.25) is 9.59 Å². The van der Waals surface area contributed by atoms with Crippen LogP contribution in [0.15, 0.2) is 48.5 Å². The van der Waals surface area contributed by atoms with Crippen molar-refractivity contribution < 1.29 is 14.3 Å². The number of aryl methyl sites for hydroxylation is 2. The predicted octanol–water partition coefficient (Wildman–Crippen LogP) is 3.25. The maximum atomic E-state index is 12.2. The number of nitrogens with one attached hydrogen (secondary N) is 1. The Morgan fingerprint density at radius 2 is 1.96 bits per heavy atom. The Hall–Kier alpha value is -2.82. The van der Waals surface area contributed by atoms with Crippen LogP contribution < -0.4 is 15.0 Å². The van der Waals surface area contributed by atoms with Crippen molar-refractivity contribution in [1.29, 1.82) is 0 Å². The largest absolute Gasteiger partial charge is 0.482 e.